The van der Waals surface area contributed by atoms with Gasteiger partial charge in [0.2, 0.25) is 0 Å². The fourth-order valence-electron chi connectivity index (χ4n) is 2.69. The van der Waals surface area contributed by atoms with Gasteiger partial charge in [-0.15, -0.1) is 0 Å². The highest BCUT2D eigenvalue weighted by atomic mass is 16.4. The smallest absolute Gasteiger partial charge is 0.345 e. The molecule has 0 bridgehead atoms. The normalized spacial score (nSPS) is 11.4. The number of rotatable bonds is 3. The second-order valence-electron chi connectivity index (χ2n) is 5.44. The molecule has 25 heavy (non-hydrogen) atoms. The Morgan fingerprint density at radius 3 is 2.64 bits per heavy atom. The number of fused-ring (bicyclic) bond motifs is 1. The number of oxime groups is 1. The first kappa shape index (κ1) is 14.9. The van der Waals surface area contributed by atoms with Gasteiger partial charge in [-0.25, -0.2) is 9.48 Å². The van der Waals surface area contributed by atoms with E-state index in [4.69, 9.17) is 9.62 Å². The zero-order valence-electron chi connectivity index (χ0n) is 13.0. The average molecular weight is 331 g/mol. The minimum Gasteiger partial charge on any atom is -0.422 e. The van der Waals surface area contributed by atoms with E-state index >= 15 is 0 Å². The fraction of sp³-hybridized carbons (Fsp3) is 0. The molecule has 0 saturated carbocycles. The van der Waals surface area contributed by atoms with Crippen molar-refractivity contribution in [3.8, 4) is 16.9 Å². The van der Waals surface area contributed by atoms with Crippen LogP contribution in [0.4, 0.5) is 0 Å². The maximum absolute atomic E-state index is 12.4. The van der Waals surface area contributed by atoms with Crippen molar-refractivity contribution < 1.29 is 9.62 Å². The van der Waals surface area contributed by atoms with Crippen LogP contribution in [0.15, 0.2) is 81.2 Å². The van der Waals surface area contributed by atoms with Crippen LogP contribution in [0.2, 0.25) is 0 Å². The van der Waals surface area contributed by atoms with E-state index in [1.54, 1.807) is 29.1 Å². The summed E-state index contributed by atoms with van der Waals surface area (Å²) in [7, 11) is 0. The Morgan fingerprint density at radius 2 is 1.84 bits per heavy atom. The van der Waals surface area contributed by atoms with Gasteiger partial charge in [0.15, 0.2) is 0 Å². The first-order chi connectivity index (χ1) is 12.3. The highest BCUT2D eigenvalue weighted by Gasteiger charge is 2.16. The van der Waals surface area contributed by atoms with Gasteiger partial charge in [0.25, 0.3) is 0 Å². The molecule has 6 nitrogen and oxygen atoms in total. The summed E-state index contributed by atoms with van der Waals surface area (Å²) in [6, 6.07) is 18.5. The predicted molar refractivity (Wildman–Crippen MR) is 94.4 cm³/mol. The topological polar surface area (TPSA) is 80.6 Å². The first-order valence-corrected chi connectivity index (χ1v) is 7.62. The molecule has 0 atom stereocenters. The van der Waals surface area contributed by atoms with Gasteiger partial charge in [-0.2, -0.15) is 5.10 Å². The van der Waals surface area contributed by atoms with Crippen LogP contribution in [-0.4, -0.2) is 21.2 Å². The Balaban J connectivity index is 1.94. The van der Waals surface area contributed by atoms with Gasteiger partial charge in [0.05, 0.1) is 17.5 Å². The standard InChI is InChI=1S/C19H13N3O3/c23-19-16(10-13-6-4-5-9-17(13)25-19)18-14(11-20-24)12-22(21-18)15-7-2-1-3-8-15/h1-12,24H/b20-11+. The maximum atomic E-state index is 12.4. The molecule has 0 spiro atoms. The Hall–Kier alpha value is -3.67. The number of hydrogen-bond acceptors (Lipinski definition) is 5. The van der Waals surface area contributed by atoms with Crippen LogP contribution in [0.5, 0.6) is 0 Å². The third-order valence-electron chi connectivity index (χ3n) is 3.86. The molecular weight excluding hydrogens is 318 g/mol. The molecule has 4 rings (SSSR count). The number of hydrogen-bond donors (Lipinski definition) is 1. The van der Waals surface area contributed by atoms with Gasteiger partial charge in [0, 0.05) is 17.1 Å². The van der Waals surface area contributed by atoms with Gasteiger partial charge in [-0.3, -0.25) is 0 Å². The molecule has 0 aliphatic carbocycles. The van der Waals surface area contributed by atoms with Crippen molar-refractivity contribution in [1.29, 1.82) is 0 Å². The van der Waals surface area contributed by atoms with E-state index in [2.05, 4.69) is 10.3 Å². The molecule has 2 aromatic heterocycles. The fourth-order valence-corrected chi connectivity index (χ4v) is 2.69. The van der Waals surface area contributed by atoms with E-state index in [9.17, 15) is 4.79 Å². The van der Waals surface area contributed by atoms with Gasteiger partial charge < -0.3 is 9.62 Å². The lowest BCUT2D eigenvalue weighted by Crippen LogP contribution is -2.05. The molecule has 0 saturated heterocycles. The van der Waals surface area contributed by atoms with Crippen LogP contribution in [-0.2, 0) is 0 Å². The lowest BCUT2D eigenvalue weighted by molar-refractivity contribution is 0.322. The average Bonchev–Trinajstić information content (AvgIpc) is 3.06. The van der Waals surface area contributed by atoms with E-state index in [1.165, 1.54) is 6.21 Å². The lowest BCUT2D eigenvalue weighted by atomic mass is 10.1. The highest BCUT2D eigenvalue weighted by Crippen LogP contribution is 2.23. The minimum atomic E-state index is -0.496. The molecule has 0 radical (unpaired) electrons. The number of aromatic nitrogens is 2. The molecule has 0 aliphatic rings. The van der Waals surface area contributed by atoms with Gasteiger partial charge in [0.1, 0.15) is 11.3 Å². The van der Waals surface area contributed by atoms with E-state index in [-0.39, 0.29) is 0 Å². The molecule has 2 aromatic carbocycles. The van der Waals surface area contributed by atoms with Crippen LogP contribution >= 0.6 is 0 Å². The summed E-state index contributed by atoms with van der Waals surface area (Å²) in [5, 5.41) is 17.3. The molecule has 0 fully saturated rings. The maximum Gasteiger partial charge on any atom is 0.345 e. The van der Waals surface area contributed by atoms with Crippen LogP contribution in [0.3, 0.4) is 0 Å². The van der Waals surface area contributed by atoms with Gasteiger partial charge in [-0.1, -0.05) is 41.6 Å². The molecule has 2 heterocycles. The largest absolute Gasteiger partial charge is 0.422 e. The summed E-state index contributed by atoms with van der Waals surface area (Å²) in [6.45, 7) is 0. The molecule has 4 aromatic rings. The minimum absolute atomic E-state index is 0.309. The highest BCUT2D eigenvalue weighted by molar-refractivity contribution is 5.90. The Kier molecular flexibility index (Phi) is 3.63. The van der Waals surface area contributed by atoms with Crippen LogP contribution in [0, 0.1) is 0 Å². The second-order valence-corrected chi connectivity index (χ2v) is 5.44. The van der Waals surface area contributed by atoms with Crippen LogP contribution in [0.1, 0.15) is 5.56 Å². The molecular formula is C19H13N3O3. The quantitative estimate of drug-likeness (QED) is 0.270. The molecule has 0 unspecified atom stereocenters. The lowest BCUT2D eigenvalue weighted by Gasteiger charge is -2.01. The number of nitrogens with zero attached hydrogens (tertiary/aromatic N) is 3. The summed E-state index contributed by atoms with van der Waals surface area (Å²) in [6.07, 6.45) is 2.94. The number of benzene rings is 2. The van der Waals surface area contributed by atoms with Crippen LogP contribution in [0.25, 0.3) is 27.9 Å². The summed E-state index contributed by atoms with van der Waals surface area (Å²) < 4.78 is 7.01. The molecule has 0 amide bonds. The van der Waals surface area contributed by atoms with Crippen molar-refractivity contribution in [2.24, 2.45) is 5.16 Å². The van der Waals surface area contributed by atoms with Crippen molar-refractivity contribution >= 4 is 17.2 Å². The van der Waals surface area contributed by atoms with Crippen molar-refractivity contribution in [2.45, 2.75) is 0 Å². The van der Waals surface area contributed by atoms with Crippen molar-refractivity contribution in [3.63, 3.8) is 0 Å². The third-order valence-corrected chi connectivity index (χ3v) is 3.86. The van der Waals surface area contributed by atoms with Gasteiger partial charge in [-0.05, 0) is 24.3 Å². The van der Waals surface area contributed by atoms with E-state index in [1.807, 2.05) is 42.5 Å². The van der Waals surface area contributed by atoms with E-state index in [0.29, 0.717) is 22.4 Å². The van der Waals surface area contributed by atoms with Crippen molar-refractivity contribution in [3.05, 3.63) is 82.8 Å². The second kappa shape index (κ2) is 6.09. The third kappa shape index (κ3) is 2.70. The van der Waals surface area contributed by atoms with Crippen molar-refractivity contribution in [1.82, 2.24) is 9.78 Å². The summed E-state index contributed by atoms with van der Waals surface area (Å²) in [5.74, 6) is 0. The predicted octanol–water partition coefficient (Wildman–Crippen LogP) is 3.45. The molecule has 0 aliphatic heterocycles. The van der Waals surface area contributed by atoms with Crippen molar-refractivity contribution in [2.75, 3.05) is 0 Å². The first-order valence-electron chi connectivity index (χ1n) is 7.62. The zero-order chi connectivity index (χ0) is 17.2. The molecule has 6 heteroatoms. The van der Waals surface area contributed by atoms with Gasteiger partial charge >= 0.3 is 5.63 Å². The summed E-state index contributed by atoms with van der Waals surface area (Å²) in [4.78, 5) is 12.4. The molecule has 122 valence electrons. The molecule has 1 N–H and O–H groups in total. The summed E-state index contributed by atoms with van der Waals surface area (Å²) in [5.41, 5.74) is 2.05. The number of para-hydroxylation sites is 2. The Morgan fingerprint density at radius 1 is 1.08 bits per heavy atom. The SMILES string of the molecule is O=c1oc2ccccc2cc1-c1nn(-c2ccccc2)cc1/C=N/O. The Bertz CT molecular complexity index is 1130. The van der Waals surface area contributed by atoms with E-state index in [0.717, 1.165) is 11.1 Å². The zero-order valence-corrected chi connectivity index (χ0v) is 13.0. The monoisotopic (exact) mass is 331 g/mol. The Labute approximate surface area is 142 Å². The van der Waals surface area contributed by atoms with E-state index < -0.39 is 5.63 Å². The van der Waals surface area contributed by atoms with Crippen LogP contribution < -0.4 is 5.63 Å². The summed E-state index contributed by atoms with van der Waals surface area (Å²) >= 11 is 0.